The molecule has 1 aliphatic rings. The van der Waals surface area contributed by atoms with Gasteiger partial charge in [-0.05, 0) is 37.7 Å². The van der Waals surface area contributed by atoms with Crippen molar-refractivity contribution in [3.8, 4) is 0 Å². The molecular weight excluding hydrogens is 236 g/mol. The van der Waals surface area contributed by atoms with Crippen LogP contribution in [0.25, 0.3) is 0 Å². The second kappa shape index (κ2) is 6.67. The summed E-state index contributed by atoms with van der Waals surface area (Å²) in [7, 11) is 0. The highest BCUT2D eigenvalue weighted by atomic mass is 16.5. The Labute approximate surface area is 115 Å². The van der Waals surface area contributed by atoms with E-state index >= 15 is 0 Å². The molecule has 1 aromatic carbocycles. The summed E-state index contributed by atoms with van der Waals surface area (Å²) in [4.78, 5) is 12.6. The smallest absolute Gasteiger partial charge is 0.188 e. The van der Waals surface area contributed by atoms with Gasteiger partial charge in [-0.3, -0.25) is 4.79 Å². The number of carbonyl (C=O) groups is 1. The van der Waals surface area contributed by atoms with E-state index in [1.807, 2.05) is 30.3 Å². The minimum absolute atomic E-state index is 0.187. The summed E-state index contributed by atoms with van der Waals surface area (Å²) in [6.07, 6.45) is 2.88. The molecule has 102 valence electrons. The lowest BCUT2D eigenvalue weighted by Gasteiger charge is -2.25. The van der Waals surface area contributed by atoms with E-state index in [4.69, 9.17) is 4.74 Å². The average molecular weight is 258 g/mol. The molecule has 1 heterocycles. The van der Waals surface area contributed by atoms with Gasteiger partial charge in [0.25, 0.3) is 0 Å². The fourth-order valence-electron chi connectivity index (χ4n) is 2.76. The van der Waals surface area contributed by atoms with Gasteiger partial charge in [-0.15, -0.1) is 0 Å². The van der Waals surface area contributed by atoms with Gasteiger partial charge < -0.3 is 4.74 Å². The van der Waals surface area contributed by atoms with Crippen molar-refractivity contribution < 1.29 is 9.53 Å². The zero-order valence-electron chi connectivity index (χ0n) is 11.8. The first-order chi connectivity index (χ1) is 9.24. The van der Waals surface area contributed by atoms with Gasteiger partial charge in [0.05, 0.1) is 0 Å². The van der Waals surface area contributed by atoms with Crippen molar-refractivity contribution in [3.63, 3.8) is 0 Å². The molecule has 0 bridgehead atoms. The van der Waals surface area contributed by atoms with Crippen LogP contribution in [0.4, 0.5) is 0 Å². The number of ether oxygens (including phenoxy) is 1. The van der Waals surface area contributed by atoms with Crippen molar-refractivity contribution in [1.29, 1.82) is 0 Å². The molecule has 0 aliphatic carbocycles. The molecule has 0 N–H and O–H groups in total. The average Bonchev–Trinajstić information content (AvgIpc) is 2.49. The van der Waals surface area contributed by atoms with E-state index in [0.717, 1.165) is 43.6 Å². The minimum Gasteiger partial charge on any atom is -0.381 e. The van der Waals surface area contributed by atoms with Crippen LogP contribution in [0.15, 0.2) is 41.5 Å². The standard InChI is InChI=1S/C17H22O2/c1-3-16(13(2)14-9-11-19-12-10-14)17(18)15-7-5-4-6-8-15/h4-8,14H,3,9-12H2,1-2H3/b16-13+. The molecule has 2 rings (SSSR count). The van der Waals surface area contributed by atoms with Crippen molar-refractivity contribution in [3.05, 3.63) is 47.0 Å². The molecule has 2 nitrogen and oxygen atoms in total. The second-order valence-electron chi connectivity index (χ2n) is 5.10. The molecule has 2 heteroatoms. The Morgan fingerprint density at radius 1 is 1.21 bits per heavy atom. The summed E-state index contributed by atoms with van der Waals surface area (Å²) in [5, 5.41) is 0. The highest BCUT2D eigenvalue weighted by Crippen LogP contribution is 2.28. The molecule has 0 atom stereocenters. The minimum atomic E-state index is 0.187. The van der Waals surface area contributed by atoms with Crippen LogP contribution in [0, 0.1) is 5.92 Å². The lowest BCUT2D eigenvalue weighted by atomic mass is 9.85. The molecule has 0 spiro atoms. The van der Waals surface area contributed by atoms with Crippen LogP contribution in [0.3, 0.4) is 0 Å². The summed E-state index contributed by atoms with van der Waals surface area (Å²) in [5.41, 5.74) is 3.04. The molecule has 0 amide bonds. The maximum Gasteiger partial charge on any atom is 0.188 e. The van der Waals surface area contributed by atoms with E-state index in [1.54, 1.807) is 0 Å². The first-order valence-corrected chi connectivity index (χ1v) is 7.11. The van der Waals surface area contributed by atoms with Crippen molar-refractivity contribution in [2.24, 2.45) is 5.92 Å². The molecule has 19 heavy (non-hydrogen) atoms. The third-order valence-corrected chi connectivity index (χ3v) is 3.97. The maximum absolute atomic E-state index is 12.6. The fourth-order valence-corrected chi connectivity index (χ4v) is 2.76. The van der Waals surface area contributed by atoms with Gasteiger partial charge in [-0.25, -0.2) is 0 Å². The Kier molecular flexibility index (Phi) is 4.92. The molecule has 0 unspecified atom stereocenters. The van der Waals surface area contributed by atoms with Crippen molar-refractivity contribution in [1.82, 2.24) is 0 Å². The molecule has 0 radical (unpaired) electrons. The van der Waals surface area contributed by atoms with Gasteiger partial charge in [0.2, 0.25) is 0 Å². The number of Topliss-reactive ketones (excluding diaryl/α,β-unsaturated/α-hetero) is 1. The largest absolute Gasteiger partial charge is 0.381 e. The Bertz CT molecular complexity index is 453. The zero-order chi connectivity index (χ0) is 13.7. The van der Waals surface area contributed by atoms with E-state index in [-0.39, 0.29) is 5.78 Å². The molecular formula is C17H22O2. The number of hydrogen-bond acceptors (Lipinski definition) is 2. The van der Waals surface area contributed by atoms with Crippen LogP contribution in [0.2, 0.25) is 0 Å². The highest BCUT2D eigenvalue weighted by molar-refractivity contribution is 6.09. The molecule has 1 aromatic rings. The normalized spacial score (nSPS) is 18.0. The highest BCUT2D eigenvalue weighted by Gasteiger charge is 2.21. The summed E-state index contributed by atoms with van der Waals surface area (Å²) < 4.78 is 5.40. The molecule has 0 saturated carbocycles. The van der Waals surface area contributed by atoms with Gasteiger partial charge in [0.1, 0.15) is 0 Å². The number of ketones is 1. The third kappa shape index (κ3) is 3.32. The van der Waals surface area contributed by atoms with E-state index in [9.17, 15) is 4.79 Å². The predicted molar refractivity (Wildman–Crippen MR) is 77.3 cm³/mol. The van der Waals surface area contributed by atoms with Crippen LogP contribution in [-0.4, -0.2) is 19.0 Å². The summed E-state index contributed by atoms with van der Waals surface area (Å²) in [6.45, 7) is 5.83. The van der Waals surface area contributed by atoms with Crippen LogP contribution < -0.4 is 0 Å². The topological polar surface area (TPSA) is 26.3 Å². The van der Waals surface area contributed by atoms with E-state index in [0.29, 0.717) is 5.92 Å². The Morgan fingerprint density at radius 3 is 2.42 bits per heavy atom. The molecule has 0 aromatic heterocycles. The quantitative estimate of drug-likeness (QED) is 0.602. The van der Waals surface area contributed by atoms with Crippen LogP contribution in [0.1, 0.15) is 43.5 Å². The molecule has 1 fully saturated rings. The summed E-state index contributed by atoms with van der Waals surface area (Å²) in [5.74, 6) is 0.698. The first kappa shape index (κ1) is 14.0. The Hall–Kier alpha value is -1.41. The van der Waals surface area contributed by atoms with E-state index in [2.05, 4.69) is 13.8 Å². The third-order valence-electron chi connectivity index (χ3n) is 3.97. The summed E-state index contributed by atoms with van der Waals surface area (Å²) >= 11 is 0. The number of rotatable bonds is 4. The fraction of sp³-hybridized carbons (Fsp3) is 0.471. The van der Waals surface area contributed by atoms with Crippen molar-refractivity contribution in [2.75, 3.05) is 13.2 Å². The van der Waals surface area contributed by atoms with Crippen LogP contribution in [-0.2, 0) is 4.74 Å². The van der Waals surface area contributed by atoms with E-state index in [1.165, 1.54) is 5.57 Å². The van der Waals surface area contributed by atoms with Gasteiger partial charge in [-0.2, -0.15) is 0 Å². The van der Waals surface area contributed by atoms with Gasteiger partial charge in [-0.1, -0.05) is 42.8 Å². The predicted octanol–water partition coefficient (Wildman–Crippen LogP) is 4.02. The summed E-state index contributed by atoms with van der Waals surface area (Å²) in [6, 6.07) is 9.58. The van der Waals surface area contributed by atoms with Crippen molar-refractivity contribution >= 4 is 5.78 Å². The number of allylic oxidation sites excluding steroid dienone is 2. The Morgan fingerprint density at radius 2 is 1.84 bits per heavy atom. The van der Waals surface area contributed by atoms with Crippen LogP contribution in [0.5, 0.6) is 0 Å². The van der Waals surface area contributed by atoms with Gasteiger partial charge in [0.15, 0.2) is 5.78 Å². The van der Waals surface area contributed by atoms with Crippen LogP contribution >= 0.6 is 0 Å². The van der Waals surface area contributed by atoms with Gasteiger partial charge >= 0.3 is 0 Å². The number of carbonyl (C=O) groups excluding carboxylic acids is 1. The van der Waals surface area contributed by atoms with Crippen molar-refractivity contribution in [2.45, 2.75) is 33.1 Å². The zero-order valence-corrected chi connectivity index (χ0v) is 11.8. The Balaban J connectivity index is 2.25. The molecule has 1 aliphatic heterocycles. The lowest BCUT2D eigenvalue weighted by molar-refractivity contribution is 0.0751. The SMILES string of the molecule is CC/C(C(=O)c1ccccc1)=C(/C)C1CCOCC1. The monoisotopic (exact) mass is 258 g/mol. The lowest BCUT2D eigenvalue weighted by Crippen LogP contribution is -2.19. The van der Waals surface area contributed by atoms with Gasteiger partial charge in [0, 0.05) is 18.8 Å². The van der Waals surface area contributed by atoms with E-state index < -0.39 is 0 Å². The second-order valence-corrected chi connectivity index (χ2v) is 5.10. The molecule has 1 saturated heterocycles. The first-order valence-electron chi connectivity index (χ1n) is 7.11. The number of benzene rings is 1. The maximum atomic E-state index is 12.6. The number of hydrogen-bond donors (Lipinski definition) is 0.